The van der Waals surface area contributed by atoms with Crippen LogP contribution in [-0.4, -0.2) is 86.4 Å². The number of likely N-dealkylation sites (N-methyl/N-ethyl adjacent to an activating group) is 2. The summed E-state index contributed by atoms with van der Waals surface area (Å²) in [6.07, 6.45) is 4.33. The average Bonchev–Trinajstić information content (AvgIpc) is 2.79. The molecule has 0 N–H and O–H groups in total. The molecule has 6 nitrogen and oxygen atoms in total. The molecular formula is C24H32N4O2. The van der Waals surface area contributed by atoms with Gasteiger partial charge in [0, 0.05) is 69.0 Å². The van der Waals surface area contributed by atoms with Gasteiger partial charge in [-0.05, 0) is 49.9 Å². The highest BCUT2D eigenvalue weighted by Crippen LogP contribution is 2.30. The number of nitrogens with zero attached hydrogens (tertiary/aromatic N) is 4. The van der Waals surface area contributed by atoms with Gasteiger partial charge in [0.15, 0.2) is 0 Å². The van der Waals surface area contributed by atoms with Gasteiger partial charge in [0.1, 0.15) is 0 Å². The number of anilines is 1. The predicted molar refractivity (Wildman–Crippen MR) is 121 cm³/mol. The fourth-order valence-corrected chi connectivity index (χ4v) is 4.69. The number of hydrogen-bond acceptors (Lipinski definition) is 4. The Bertz CT molecular complexity index is 909. The van der Waals surface area contributed by atoms with E-state index in [-0.39, 0.29) is 5.91 Å². The van der Waals surface area contributed by atoms with E-state index in [0.29, 0.717) is 6.04 Å². The fourth-order valence-electron chi connectivity index (χ4n) is 4.69. The van der Waals surface area contributed by atoms with Crippen LogP contribution in [0.2, 0.25) is 0 Å². The van der Waals surface area contributed by atoms with Crippen molar-refractivity contribution in [2.45, 2.75) is 25.3 Å². The number of benzene rings is 2. The summed E-state index contributed by atoms with van der Waals surface area (Å²) in [6, 6.07) is 12.8. The Balaban J connectivity index is 1.57. The van der Waals surface area contributed by atoms with Gasteiger partial charge < -0.3 is 14.7 Å². The van der Waals surface area contributed by atoms with Crippen molar-refractivity contribution in [2.75, 3.05) is 58.3 Å². The quantitative estimate of drug-likeness (QED) is 0.714. The van der Waals surface area contributed by atoms with Crippen LogP contribution in [0.1, 0.15) is 29.6 Å². The van der Waals surface area contributed by atoms with E-state index in [1.807, 2.05) is 24.1 Å². The van der Waals surface area contributed by atoms with Crippen LogP contribution in [0.4, 0.5) is 5.69 Å². The normalized spacial score (nSPS) is 20.4. The van der Waals surface area contributed by atoms with Gasteiger partial charge in [-0.2, -0.15) is 0 Å². The zero-order valence-corrected chi connectivity index (χ0v) is 18.1. The largest absolute Gasteiger partial charge is 0.368 e. The number of hydrogen-bond donors (Lipinski definition) is 0. The van der Waals surface area contributed by atoms with Gasteiger partial charge >= 0.3 is 0 Å². The van der Waals surface area contributed by atoms with Gasteiger partial charge in [0.2, 0.25) is 6.41 Å². The van der Waals surface area contributed by atoms with Gasteiger partial charge in [-0.25, -0.2) is 0 Å². The number of likely N-dealkylation sites (tertiary alicyclic amines) is 1. The molecule has 6 heteroatoms. The van der Waals surface area contributed by atoms with E-state index in [4.69, 9.17) is 0 Å². The van der Waals surface area contributed by atoms with E-state index in [9.17, 15) is 9.59 Å². The lowest BCUT2D eigenvalue weighted by Crippen LogP contribution is -2.55. The first kappa shape index (κ1) is 20.7. The van der Waals surface area contributed by atoms with Crippen LogP contribution in [0.3, 0.4) is 0 Å². The lowest BCUT2D eigenvalue weighted by molar-refractivity contribution is -0.117. The molecule has 1 atom stereocenters. The first-order valence-corrected chi connectivity index (χ1v) is 11.0. The van der Waals surface area contributed by atoms with Gasteiger partial charge in [-0.15, -0.1) is 0 Å². The van der Waals surface area contributed by atoms with E-state index in [2.05, 4.69) is 41.1 Å². The standard InChI is InChI=1S/C24H32N4O2/c1-25(18-29)16-21-17-28(14-13-26(21)2)23-8-6-7-19-15-20(9-10-22(19)23)24(30)27-11-4-3-5-12-27/h6-10,15,18,21H,3-5,11-14,16-17H2,1-2H3. The molecule has 2 fully saturated rings. The van der Waals surface area contributed by atoms with Crippen LogP contribution in [0.15, 0.2) is 36.4 Å². The van der Waals surface area contributed by atoms with Crippen LogP contribution in [-0.2, 0) is 4.79 Å². The summed E-state index contributed by atoms with van der Waals surface area (Å²) in [4.78, 5) is 32.4. The average molecular weight is 409 g/mol. The Morgan fingerprint density at radius 2 is 1.90 bits per heavy atom. The smallest absolute Gasteiger partial charge is 0.253 e. The van der Waals surface area contributed by atoms with Crippen molar-refractivity contribution in [2.24, 2.45) is 0 Å². The van der Waals surface area contributed by atoms with Crippen molar-refractivity contribution >= 4 is 28.8 Å². The van der Waals surface area contributed by atoms with Crippen LogP contribution < -0.4 is 4.90 Å². The second-order valence-electron chi connectivity index (χ2n) is 8.69. The molecule has 0 bridgehead atoms. The molecule has 0 spiro atoms. The molecular weight excluding hydrogens is 376 g/mol. The molecule has 2 amide bonds. The Hall–Kier alpha value is -2.60. The zero-order chi connectivity index (χ0) is 21.1. The molecule has 2 aliphatic heterocycles. The van der Waals surface area contributed by atoms with Gasteiger partial charge in [-0.1, -0.05) is 18.2 Å². The number of fused-ring (bicyclic) bond motifs is 1. The third-order valence-corrected chi connectivity index (χ3v) is 6.54. The molecule has 0 radical (unpaired) electrons. The van der Waals surface area contributed by atoms with E-state index in [1.54, 1.807) is 4.90 Å². The zero-order valence-electron chi connectivity index (χ0n) is 18.1. The van der Waals surface area contributed by atoms with Crippen LogP contribution in [0, 0.1) is 0 Å². The summed E-state index contributed by atoms with van der Waals surface area (Å²) in [7, 11) is 3.96. The van der Waals surface area contributed by atoms with Crippen LogP contribution in [0.25, 0.3) is 10.8 Å². The summed E-state index contributed by atoms with van der Waals surface area (Å²) in [6.45, 7) is 5.24. The summed E-state index contributed by atoms with van der Waals surface area (Å²) in [5.74, 6) is 0.151. The maximum absolute atomic E-state index is 12.9. The van der Waals surface area contributed by atoms with Crippen molar-refractivity contribution < 1.29 is 9.59 Å². The number of amides is 2. The second kappa shape index (κ2) is 9.04. The summed E-state index contributed by atoms with van der Waals surface area (Å²) < 4.78 is 0. The van der Waals surface area contributed by atoms with Crippen molar-refractivity contribution in [3.8, 4) is 0 Å². The number of carbonyl (C=O) groups is 2. The number of rotatable bonds is 5. The minimum absolute atomic E-state index is 0.151. The summed E-state index contributed by atoms with van der Waals surface area (Å²) in [5.41, 5.74) is 1.99. The maximum Gasteiger partial charge on any atom is 0.253 e. The molecule has 1 unspecified atom stereocenters. The Morgan fingerprint density at radius 3 is 2.67 bits per heavy atom. The maximum atomic E-state index is 12.9. The van der Waals surface area contributed by atoms with Crippen molar-refractivity contribution in [3.63, 3.8) is 0 Å². The number of carbonyl (C=O) groups excluding carboxylic acids is 2. The van der Waals surface area contributed by atoms with E-state index in [1.165, 1.54) is 17.5 Å². The third-order valence-electron chi connectivity index (χ3n) is 6.54. The monoisotopic (exact) mass is 408 g/mol. The minimum Gasteiger partial charge on any atom is -0.368 e. The highest BCUT2D eigenvalue weighted by molar-refractivity contribution is 6.02. The van der Waals surface area contributed by atoms with Crippen molar-refractivity contribution in [3.05, 3.63) is 42.0 Å². The molecule has 0 aliphatic carbocycles. The van der Waals surface area contributed by atoms with Gasteiger partial charge in [0.05, 0.1) is 0 Å². The second-order valence-corrected chi connectivity index (χ2v) is 8.69. The SMILES string of the molecule is CN(C=O)CC1CN(c2cccc3cc(C(=O)N4CCCCC4)ccc23)CCN1C. The van der Waals surface area contributed by atoms with Crippen molar-refractivity contribution in [1.82, 2.24) is 14.7 Å². The molecule has 2 saturated heterocycles. The van der Waals surface area contributed by atoms with Gasteiger partial charge in [-0.3, -0.25) is 14.5 Å². The highest BCUT2D eigenvalue weighted by Gasteiger charge is 2.26. The fraction of sp³-hybridized carbons (Fsp3) is 0.500. The molecule has 0 aromatic heterocycles. The molecule has 30 heavy (non-hydrogen) atoms. The highest BCUT2D eigenvalue weighted by atomic mass is 16.2. The first-order valence-electron chi connectivity index (χ1n) is 11.0. The van der Waals surface area contributed by atoms with Crippen LogP contribution in [0.5, 0.6) is 0 Å². The molecule has 0 saturated carbocycles. The predicted octanol–water partition coefficient (Wildman–Crippen LogP) is 2.67. The first-order chi connectivity index (χ1) is 14.6. The molecule has 2 aliphatic rings. The topological polar surface area (TPSA) is 47.1 Å². The summed E-state index contributed by atoms with van der Waals surface area (Å²) in [5, 5.41) is 2.29. The molecule has 160 valence electrons. The molecule has 2 aromatic rings. The van der Waals surface area contributed by atoms with Crippen LogP contribution >= 0.6 is 0 Å². The lowest BCUT2D eigenvalue weighted by atomic mass is 10.0. The number of piperazine rings is 1. The lowest BCUT2D eigenvalue weighted by Gasteiger charge is -2.42. The van der Waals surface area contributed by atoms with Crippen molar-refractivity contribution in [1.29, 1.82) is 0 Å². The Kier molecular flexibility index (Phi) is 6.23. The minimum atomic E-state index is 0.151. The van der Waals surface area contributed by atoms with E-state index in [0.717, 1.165) is 69.5 Å². The number of piperidine rings is 1. The Morgan fingerprint density at radius 1 is 1.10 bits per heavy atom. The molecule has 2 aromatic carbocycles. The van der Waals surface area contributed by atoms with E-state index >= 15 is 0 Å². The molecule has 2 heterocycles. The molecule has 4 rings (SSSR count). The third kappa shape index (κ3) is 4.29. The van der Waals surface area contributed by atoms with E-state index < -0.39 is 0 Å². The summed E-state index contributed by atoms with van der Waals surface area (Å²) >= 11 is 0. The Labute approximate surface area is 179 Å². The van der Waals surface area contributed by atoms with Gasteiger partial charge in [0.25, 0.3) is 5.91 Å².